The van der Waals surface area contributed by atoms with Crippen LogP contribution in [0.5, 0.6) is 0 Å². The molecule has 0 bridgehead atoms. The molecule has 2 N–H and O–H groups in total. The molecule has 110 valence electrons. The number of likely N-dealkylation sites (tertiary alicyclic amines) is 1. The van der Waals surface area contributed by atoms with Gasteiger partial charge in [-0.3, -0.25) is 0 Å². The molecule has 0 aliphatic carbocycles. The first kappa shape index (κ1) is 14.9. The number of carbonyl (C=O) groups is 1. The van der Waals surface area contributed by atoms with Crippen molar-refractivity contribution < 1.29 is 9.90 Å². The minimum absolute atomic E-state index is 0.0113. The molecule has 0 radical (unpaired) electrons. The van der Waals surface area contributed by atoms with Crippen molar-refractivity contribution in [1.29, 1.82) is 0 Å². The first-order chi connectivity index (χ1) is 9.58. The Morgan fingerprint density at radius 1 is 1.40 bits per heavy atom. The van der Waals surface area contributed by atoms with Gasteiger partial charge in [0.2, 0.25) is 0 Å². The van der Waals surface area contributed by atoms with Crippen molar-refractivity contribution in [2.75, 3.05) is 6.54 Å². The Bertz CT molecular complexity index is 433. The number of amides is 2. The Morgan fingerprint density at radius 2 is 2.10 bits per heavy atom. The van der Waals surface area contributed by atoms with E-state index in [0.29, 0.717) is 6.42 Å². The number of nitrogens with one attached hydrogen (secondary N) is 1. The molecule has 1 aliphatic rings. The fourth-order valence-electron chi connectivity index (χ4n) is 2.75. The quantitative estimate of drug-likeness (QED) is 0.888. The number of aliphatic hydroxyl groups is 1. The van der Waals surface area contributed by atoms with Crippen molar-refractivity contribution in [2.24, 2.45) is 0 Å². The van der Waals surface area contributed by atoms with E-state index in [4.69, 9.17) is 0 Å². The van der Waals surface area contributed by atoms with E-state index < -0.39 is 6.10 Å². The van der Waals surface area contributed by atoms with E-state index in [1.807, 2.05) is 49.1 Å². The molecule has 1 aromatic rings. The van der Waals surface area contributed by atoms with E-state index in [-0.39, 0.29) is 18.1 Å². The molecule has 0 spiro atoms. The number of urea groups is 1. The highest BCUT2D eigenvalue weighted by atomic mass is 16.3. The van der Waals surface area contributed by atoms with Crippen LogP contribution in [0.3, 0.4) is 0 Å². The molecule has 4 nitrogen and oxygen atoms in total. The van der Waals surface area contributed by atoms with Crippen molar-refractivity contribution >= 4 is 6.03 Å². The van der Waals surface area contributed by atoms with Crippen LogP contribution in [-0.4, -0.2) is 34.7 Å². The third kappa shape index (κ3) is 3.73. The maximum Gasteiger partial charge on any atom is 0.317 e. The van der Waals surface area contributed by atoms with Gasteiger partial charge in [-0.1, -0.05) is 30.3 Å². The van der Waals surface area contributed by atoms with E-state index in [0.717, 1.165) is 24.9 Å². The summed E-state index contributed by atoms with van der Waals surface area (Å²) in [4.78, 5) is 14.0. The van der Waals surface area contributed by atoms with Crippen LogP contribution in [0.15, 0.2) is 30.3 Å². The monoisotopic (exact) mass is 276 g/mol. The van der Waals surface area contributed by atoms with Gasteiger partial charge in [0.15, 0.2) is 0 Å². The number of carbonyl (C=O) groups excluding carboxylic acids is 1. The second-order valence-electron chi connectivity index (χ2n) is 5.76. The van der Waals surface area contributed by atoms with E-state index >= 15 is 0 Å². The molecule has 2 atom stereocenters. The van der Waals surface area contributed by atoms with E-state index in [2.05, 4.69) is 5.32 Å². The Balaban J connectivity index is 1.96. The van der Waals surface area contributed by atoms with Gasteiger partial charge >= 0.3 is 6.03 Å². The zero-order chi connectivity index (χ0) is 14.5. The molecule has 0 aromatic heterocycles. The van der Waals surface area contributed by atoms with E-state index in [9.17, 15) is 9.90 Å². The molecule has 2 amide bonds. The van der Waals surface area contributed by atoms with E-state index in [1.54, 1.807) is 0 Å². The lowest BCUT2D eigenvalue weighted by molar-refractivity contribution is 0.125. The lowest BCUT2D eigenvalue weighted by Crippen LogP contribution is -2.45. The second-order valence-corrected chi connectivity index (χ2v) is 5.76. The second kappa shape index (κ2) is 6.75. The molecule has 1 aromatic carbocycles. The lowest BCUT2D eigenvalue weighted by Gasteiger charge is -2.27. The van der Waals surface area contributed by atoms with Gasteiger partial charge in [-0.05, 0) is 38.7 Å². The summed E-state index contributed by atoms with van der Waals surface area (Å²) in [6.07, 6.45) is 2.08. The maximum atomic E-state index is 12.1. The Hall–Kier alpha value is -1.55. The zero-order valence-electron chi connectivity index (χ0n) is 12.2. The number of hydrogen-bond donors (Lipinski definition) is 2. The number of aliphatic hydroxyl groups excluding tert-OH is 1. The predicted octanol–water partition coefficient (Wildman–Crippen LogP) is 2.69. The Kier molecular flexibility index (Phi) is 5.01. The van der Waals surface area contributed by atoms with Crippen LogP contribution >= 0.6 is 0 Å². The minimum Gasteiger partial charge on any atom is -0.388 e. The Labute approximate surface area is 120 Å². The van der Waals surface area contributed by atoms with Gasteiger partial charge in [0.1, 0.15) is 0 Å². The minimum atomic E-state index is -0.506. The number of hydrogen-bond acceptors (Lipinski definition) is 2. The van der Waals surface area contributed by atoms with Crippen LogP contribution in [0.4, 0.5) is 4.79 Å². The fourth-order valence-corrected chi connectivity index (χ4v) is 2.75. The maximum absolute atomic E-state index is 12.1. The average molecular weight is 276 g/mol. The molecule has 1 heterocycles. The number of rotatable bonds is 4. The molecule has 0 unspecified atom stereocenters. The fraction of sp³-hybridized carbons (Fsp3) is 0.562. The van der Waals surface area contributed by atoms with E-state index in [1.165, 1.54) is 0 Å². The molecular weight excluding hydrogens is 252 g/mol. The molecule has 2 rings (SSSR count). The molecule has 20 heavy (non-hydrogen) atoms. The SMILES string of the molecule is CC(C)NC(=O)N1CCC[C@H]1C[C@H](O)c1ccccc1. The summed E-state index contributed by atoms with van der Waals surface area (Å²) >= 11 is 0. The standard InChI is InChI=1S/C16H24N2O2/c1-12(2)17-16(20)18-10-6-9-14(18)11-15(19)13-7-4-3-5-8-13/h3-5,7-8,12,14-15,19H,6,9-11H2,1-2H3,(H,17,20)/t14-,15-/m0/s1. The van der Waals surface area contributed by atoms with Gasteiger partial charge in [-0.15, -0.1) is 0 Å². The first-order valence-corrected chi connectivity index (χ1v) is 7.38. The third-order valence-electron chi connectivity index (χ3n) is 3.73. The number of benzene rings is 1. The van der Waals surface area contributed by atoms with Crippen molar-refractivity contribution in [3.8, 4) is 0 Å². The van der Waals surface area contributed by atoms with Crippen molar-refractivity contribution in [3.63, 3.8) is 0 Å². The summed E-state index contributed by atoms with van der Waals surface area (Å²) in [6.45, 7) is 4.70. The highest BCUT2D eigenvalue weighted by molar-refractivity contribution is 5.75. The van der Waals surface area contributed by atoms with Crippen molar-refractivity contribution in [1.82, 2.24) is 10.2 Å². The number of nitrogens with zero attached hydrogens (tertiary/aromatic N) is 1. The molecule has 0 saturated carbocycles. The molecule has 1 saturated heterocycles. The van der Waals surface area contributed by atoms with Crippen LogP contribution in [-0.2, 0) is 0 Å². The van der Waals surface area contributed by atoms with Gasteiger partial charge in [0.05, 0.1) is 6.10 Å². The van der Waals surface area contributed by atoms with Crippen molar-refractivity contribution in [3.05, 3.63) is 35.9 Å². The van der Waals surface area contributed by atoms with Crippen LogP contribution in [0, 0.1) is 0 Å². The normalized spacial score (nSPS) is 20.2. The van der Waals surface area contributed by atoms with Crippen LogP contribution < -0.4 is 5.32 Å². The summed E-state index contributed by atoms with van der Waals surface area (Å²) in [7, 11) is 0. The highest BCUT2D eigenvalue weighted by Gasteiger charge is 2.30. The van der Waals surface area contributed by atoms with Crippen LogP contribution in [0.2, 0.25) is 0 Å². The Morgan fingerprint density at radius 3 is 2.75 bits per heavy atom. The van der Waals surface area contributed by atoms with Gasteiger partial charge in [0.25, 0.3) is 0 Å². The largest absolute Gasteiger partial charge is 0.388 e. The lowest BCUT2D eigenvalue weighted by atomic mass is 10.0. The first-order valence-electron chi connectivity index (χ1n) is 7.38. The van der Waals surface area contributed by atoms with Gasteiger partial charge < -0.3 is 15.3 Å². The van der Waals surface area contributed by atoms with Gasteiger partial charge in [-0.25, -0.2) is 4.79 Å². The smallest absolute Gasteiger partial charge is 0.317 e. The predicted molar refractivity (Wildman–Crippen MR) is 79.4 cm³/mol. The summed E-state index contributed by atoms with van der Waals surface area (Å²) in [6, 6.07) is 9.91. The summed E-state index contributed by atoms with van der Waals surface area (Å²) < 4.78 is 0. The van der Waals surface area contributed by atoms with Gasteiger partial charge in [-0.2, -0.15) is 0 Å². The van der Waals surface area contributed by atoms with Crippen molar-refractivity contribution in [2.45, 2.75) is 51.3 Å². The summed E-state index contributed by atoms with van der Waals surface area (Å²) in [5.74, 6) is 0. The van der Waals surface area contributed by atoms with Crippen LogP contribution in [0.1, 0.15) is 44.8 Å². The average Bonchev–Trinajstić information content (AvgIpc) is 2.87. The molecule has 4 heteroatoms. The summed E-state index contributed by atoms with van der Waals surface area (Å²) in [5.41, 5.74) is 0.920. The molecular formula is C16H24N2O2. The zero-order valence-corrected chi connectivity index (χ0v) is 12.2. The topological polar surface area (TPSA) is 52.6 Å². The summed E-state index contributed by atoms with van der Waals surface area (Å²) in [5, 5.41) is 13.2. The molecule has 1 fully saturated rings. The highest BCUT2D eigenvalue weighted by Crippen LogP contribution is 2.27. The van der Waals surface area contributed by atoms with Crippen LogP contribution in [0.25, 0.3) is 0 Å². The molecule has 1 aliphatic heterocycles. The third-order valence-corrected chi connectivity index (χ3v) is 3.73. The van der Waals surface area contributed by atoms with Gasteiger partial charge in [0, 0.05) is 18.6 Å².